The standard InChI is InChI=1S/C22H24FN3O2.ClH/c23-17-5-6-19-20(24-28-21(19)11-17)14-25-9-7-15(8-10-25)12-26-13-16-3-1-2-4-18(16)22(26)27;/h1-6,11,15,22,27H,7-10,12-14H2;1H. The number of halogens is 2. The Hall–Kier alpha value is -1.99. The largest absolute Gasteiger partial charge is 0.374 e. The number of likely N-dealkylation sites (tertiary alicyclic amines) is 1. The van der Waals surface area contributed by atoms with Crippen LogP contribution in [0.25, 0.3) is 11.0 Å². The molecule has 0 amide bonds. The number of aromatic nitrogens is 1. The summed E-state index contributed by atoms with van der Waals surface area (Å²) in [5.74, 6) is 0.283. The number of hydrogen-bond donors (Lipinski definition) is 1. The maximum atomic E-state index is 13.3. The fraction of sp³-hybridized carbons (Fsp3) is 0.409. The summed E-state index contributed by atoms with van der Waals surface area (Å²) in [5, 5.41) is 15.6. The van der Waals surface area contributed by atoms with Gasteiger partial charge in [-0.05, 0) is 55.1 Å². The molecule has 0 saturated carbocycles. The fourth-order valence-electron chi connectivity index (χ4n) is 4.54. The van der Waals surface area contributed by atoms with Gasteiger partial charge in [0.05, 0.1) is 0 Å². The normalized spacial score (nSPS) is 20.7. The van der Waals surface area contributed by atoms with Gasteiger partial charge in [0.15, 0.2) is 5.58 Å². The fourth-order valence-corrected chi connectivity index (χ4v) is 4.54. The molecule has 0 bridgehead atoms. The van der Waals surface area contributed by atoms with E-state index < -0.39 is 6.23 Å². The lowest BCUT2D eigenvalue weighted by molar-refractivity contribution is -0.00413. The lowest BCUT2D eigenvalue weighted by atomic mass is 9.96. The quantitative estimate of drug-likeness (QED) is 0.692. The molecule has 3 heterocycles. The summed E-state index contributed by atoms with van der Waals surface area (Å²) in [4.78, 5) is 4.57. The van der Waals surface area contributed by atoms with Crippen LogP contribution in [0.3, 0.4) is 0 Å². The number of nitrogens with zero attached hydrogens (tertiary/aromatic N) is 3. The first-order valence-corrected chi connectivity index (χ1v) is 9.93. The first-order chi connectivity index (χ1) is 13.7. The maximum absolute atomic E-state index is 13.3. The van der Waals surface area contributed by atoms with E-state index in [-0.39, 0.29) is 18.2 Å². The van der Waals surface area contributed by atoms with Crippen LogP contribution >= 0.6 is 12.4 Å². The van der Waals surface area contributed by atoms with E-state index in [1.54, 1.807) is 6.07 Å². The van der Waals surface area contributed by atoms with Crippen LogP contribution in [0.4, 0.5) is 4.39 Å². The average molecular weight is 418 g/mol. The third kappa shape index (κ3) is 4.03. The van der Waals surface area contributed by atoms with Crippen molar-refractivity contribution in [2.75, 3.05) is 19.6 Å². The molecule has 0 spiro atoms. The van der Waals surface area contributed by atoms with E-state index >= 15 is 0 Å². The minimum absolute atomic E-state index is 0. The van der Waals surface area contributed by atoms with Crippen molar-refractivity contribution in [1.82, 2.24) is 15.0 Å². The first kappa shape index (κ1) is 20.3. The van der Waals surface area contributed by atoms with Crippen LogP contribution < -0.4 is 0 Å². The zero-order valence-electron chi connectivity index (χ0n) is 16.1. The van der Waals surface area contributed by atoms with Gasteiger partial charge in [-0.2, -0.15) is 0 Å². The second-order valence-electron chi connectivity index (χ2n) is 7.99. The van der Waals surface area contributed by atoms with Crippen molar-refractivity contribution < 1.29 is 14.0 Å². The molecule has 2 aromatic carbocycles. The highest BCUT2D eigenvalue weighted by Gasteiger charge is 2.31. The molecule has 5 nitrogen and oxygen atoms in total. The van der Waals surface area contributed by atoms with Gasteiger partial charge in [-0.3, -0.25) is 9.80 Å². The summed E-state index contributed by atoms with van der Waals surface area (Å²) >= 11 is 0. The van der Waals surface area contributed by atoms with Crippen LogP contribution in [-0.2, 0) is 13.1 Å². The molecule has 7 heteroatoms. The molecule has 1 N–H and O–H groups in total. The van der Waals surface area contributed by atoms with Gasteiger partial charge in [-0.25, -0.2) is 4.39 Å². The highest BCUT2D eigenvalue weighted by atomic mass is 35.5. The molecule has 5 rings (SSSR count). The van der Waals surface area contributed by atoms with Gasteiger partial charge < -0.3 is 9.63 Å². The number of piperidine rings is 1. The van der Waals surface area contributed by atoms with Crippen molar-refractivity contribution in [3.63, 3.8) is 0 Å². The van der Waals surface area contributed by atoms with Crippen molar-refractivity contribution in [3.05, 3.63) is 65.1 Å². The van der Waals surface area contributed by atoms with Gasteiger partial charge >= 0.3 is 0 Å². The molecule has 1 unspecified atom stereocenters. The highest BCUT2D eigenvalue weighted by molar-refractivity contribution is 5.85. The highest BCUT2D eigenvalue weighted by Crippen LogP contribution is 2.33. The van der Waals surface area contributed by atoms with E-state index in [1.165, 1.54) is 17.7 Å². The lowest BCUT2D eigenvalue weighted by Crippen LogP contribution is -2.38. The Morgan fingerprint density at radius 1 is 1.14 bits per heavy atom. The minimum Gasteiger partial charge on any atom is -0.374 e. The van der Waals surface area contributed by atoms with Crippen LogP contribution in [0.1, 0.15) is 35.9 Å². The van der Waals surface area contributed by atoms with Gasteiger partial charge in [-0.1, -0.05) is 29.4 Å². The Labute approximate surface area is 175 Å². The third-order valence-corrected chi connectivity index (χ3v) is 6.13. The van der Waals surface area contributed by atoms with E-state index in [1.807, 2.05) is 18.2 Å². The molecular weight excluding hydrogens is 393 g/mol. The summed E-state index contributed by atoms with van der Waals surface area (Å²) < 4.78 is 18.6. The Kier molecular flexibility index (Phi) is 5.88. The van der Waals surface area contributed by atoms with Gasteiger partial charge in [0, 0.05) is 31.1 Å². The van der Waals surface area contributed by atoms with Crippen LogP contribution in [-0.4, -0.2) is 39.7 Å². The molecular formula is C22H25ClFN3O2. The number of hydrogen-bond acceptors (Lipinski definition) is 5. The second kappa shape index (κ2) is 8.40. The van der Waals surface area contributed by atoms with Crippen molar-refractivity contribution in [1.29, 1.82) is 0 Å². The topological polar surface area (TPSA) is 52.7 Å². The lowest BCUT2D eigenvalue weighted by Gasteiger charge is -2.34. The molecule has 29 heavy (non-hydrogen) atoms. The molecule has 0 radical (unpaired) electrons. The zero-order chi connectivity index (χ0) is 19.1. The van der Waals surface area contributed by atoms with Crippen LogP contribution in [0.15, 0.2) is 47.0 Å². The van der Waals surface area contributed by atoms with E-state index in [2.05, 4.69) is 21.0 Å². The molecule has 2 aliphatic rings. The Morgan fingerprint density at radius 3 is 2.72 bits per heavy atom. The Morgan fingerprint density at radius 2 is 1.93 bits per heavy atom. The molecule has 3 aromatic rings. The summed E-state index contributed by atoms with van der Waals surface area (Å²) in [5.41, 5.74) is 3.67. The number of rotatable bonds is 4. The van der Waals surface area contributed by atoms with Crippen molar-refractivity contribution in [2.45, 2.75) is 32.2 Å². The van der Waals surface area contributed by atoms with Gasteiger partial charge in [-0.15, -0.1) is 12.4 Å². The number of aliphatic hydroxyl groups is 1. The Balaban J connectivity index is 0.00000205. The van der Waals surface area contributed by atoms with E-state index in [9.17, 15) is 9.50 Å². The Bertz CT molecular complexity index is 987. The second-order valence-corrected chi connectivity index (χ2v) is 7.99. The molecule has 1 fully saturated rings. The van der Waals surface area contributed by atoms with Gasteiger partial charge in [0.1, 0.15) is 17.7 Å². The minimum atomic E-state index is -0.476. The zero-order valence-corrected chi connectivity index (χ0v) is 16.9. The maximum Gasteiger partial charge on any atom is 0.170 e. The van der Waals surface area contributed by atoms with E-state index in [0.29, 0.717) is 11.5 Å². The van der Waals surface area contributed by atoms with Crippen molar-refractivity contribution in [3.8, 4) is 0 Å². The molecule has 2 aliphatic heterocycles. The number of fused-ring (bicyclic) bond motifs is 2. The van der Waals surface area contributed by atoms with Gasteiger partial charge in [0.25, 0.3) is 0 Å². The van der Waals surface area contributed by atoms with E-state index in [4.69, 9.17) is 4.52 Å². The van der Waals surface area contributed by atoms with Crippen LogP contribution in [0.5, 0.6) is 0 Å². The predicted molar refractivity (Wildman–Crippen MR) is 111 cm³/mol. The van der Waals surface area contributed by atoms with Gasteiger partial charge in [0.2, 0.25) is 0 Å². The predicted octanol–water partition coefficient (Wildman–Crippen LogP) is 4.11. The smallest absolute Gasteiger partial charge is 0.170 e. The molecule has 154 valence electrons. The molecule has 1 atom stereocenters. The molecule has 1 aromatic heterocycles. The SMILES string of the molecule is Cl.OC1c2ccccc2CN1CC1CCN(Cc2noc3cc(F)ccc23)CC1. The first-order valence-electron chi connectivity index (χ1n) is 9.93. The van der Waals surface area contributed by atoms with Crippen molar-refractivity contribution in [2.24, 2.45) is 5.92 Å². The summed E-state index contributed by atoms with van der Waals surface area (Å²) in [6.07, 6.45) is 1.73. The summed E-state index contributed by atoms with van der Waals surface area (Å²) in [6, 6.07) is 12.7. The summed E-state index contributed by atoms with van der Waals surface area (Å²) in [6.45, 7) is 4.48. The molecule has 0 aliphatic carbocycles. The van der Waals surface area contributed by atoms with Crippen LogP contribution in [0.2, 0.25) is 0 Å². The summed E-state index contributed by atoms with van der Waals surface area (Å²) in [7, 11) is 0. The van der Waals surface area contributed by atoms with Crippen LogP contribution in [0, 0.1) is 11.7 Å². The third-order valence-electron chi connectivity index (χ3n) is 6.13. The van der Waals surface area contributed by atoms with Crippen molar-refractivity contribution >= 4 is 23.4 Å². The molecule has 1 saturated heterocycles. The average Bonchev–Trinajstić information content (AvgIpc) is 3.24. The number of aliphatic hydroxyl groups excluding tert-OH is 1. The number of benzene rings is 2. The monoisotopic (exact) mass is 417 g/mol. The van der Waals surface area contributed by atoms with E-state index in [0.717, 1.165) is 62.2 Å².